The highest BCUT2D eigenvalue weighted by Crippen LogP contribution is 2.27. The first-order valence-electron chi connectivity index (χ1n) is 14.5. The number of thiazole rings is 1. The lowest BCUT2D eigenvalue weighted by Gasteiger charge is -2.23. The summed E-state index contributed by atoms with van der Waals surface area (Å²) < 4.78 is 15.4. The zero-order valence-electron chi connectivity index (χ0n) is 24.2. The first-order chi connectivity index (χ1) is 21.0. The van der Waals surface area contributed by atoms with Crippen molar-refractivity contribution in [2.75, 3.05) is 13.1 Å². The van der Waals surface area contributed by atoms with Crippen LogP contribution in [0.5, 0.6) is 0 Å². The Kier molecular flexibility index (Phi) is 10.1. The topological polar surface area (TPSA) is 67.2 Å². The standard InChI is InChI=1S/C35H35FN4O2S/c1-2-21-40(35(42)28-15-17-29(36)18-16-28)23-30-14-9-22-39(30)24-33-38-32(25-43-33)34(41)37-20-19-31(26-10-5-3-6-11-26)27-12-7-4-8-13-27/h3-18,22,25,31H,2,19-21,23-24H2,1H3,(H,37,41). The average molecular weight is 595 g/mol. The molecule has 1 N–H and O–H groups in total. The number of carbonyl (C=O) groups excluding carboxylic acids is 2. The minimum Gasteiger partial charge on any atom is -0.351 e. The lowest BCUT2D eigenvalue weighted by Crippen LogP contribution is -2.32. The van der Waals surface area contributed by atoms with Gasteiger partial charge < -0.3 is 14.8 Å². The monoisotopic (exact) mass is 594 g/mol. The third-order valence-electron chi connectivity index (χ3n) is 7.36. The maximum absolute atomic E-state index is 13.4. The molecule has 220 valence electrons. The molecule has 2 aromatic heterocycles. The van der Waals surface area contributed by atoms with E-state index in [1.807, 2.05) is 66.2 Å². The average Bonchev–Trinajstić information content (AvgIpc) is 3.70. The van der Waals surface area contributed by atoms with Gasteiger partial charge in [0.1, 0.15) is 16.5 Å². The van der Waals surface area contributed by atoms with Gasteiger partial charge in [-0.3, -0.25) is 9.59 Å². The summed E-state index contributed by atoms with van der Waals surface area (Å²) in [6.45, 7) is 4.04. The Bertz CT molecular complexity index is 1580. The number of amides is 2. The van der Waals surface area contributed by atoms with Crippen LogP contribution < -0.4 is 5.32 Å². The molecule has 0 atom stereocenters. The van der Waals surface area contributed by atoms with Crippen molar-refractivity contribution in [2.45, 2.75) is 38.8 Å². The highest BCUT2D eigenvalue weighted by molar-refractivity contribution is 7.09. The van der Waals surface area contributed by atoms with Gasteiger partial charge in [0.25, 0.3) is 11.8 Å². The predicted molar refractivity (Wildman–Crippen MR) is 169 cm³/mol. The molecule has 0 aliphatic carbocycles. The third-order valence-corrected chi connectivity index (χ3v) is 8.19. The molecule has 0 fully saturated rings. The summed E-state index contributed by atoms with van der Waals surface area (Å²) >= 11 is 1.44. The second-order valence-corrected chi connectivity index (χ2v) is 11.3. The molecule has 6 nitrogen and oxygen atoms in total. The van der Waals surface area contributed by atoms with E-state index < -0.39 is 0 Å². The number of nitrogens with zero attached hydrogens (tertiary/aromatic N) is 3. The van der Waals surface area contributed by atoms with Crippen LogP contribution in [0.3, 0.4) is 0 Å². The van der Waals surface area contributed by atoms with Crippen molar-refractivity contribution >= 4 is 23.2 Å². The largest absolute Gasteiger partial charge is 0.351 e. The molecule has 0 saturated heterocycles. The van der Waals surface area contributed by atoms with Gasteiger partial charge in [0.15, 0.2) is 0 Å². The molecule has 2 heterocycles. The van der Waals surface area contributed by atoms with Crippen LogP contribution in [0.15, 0.2) is 109 Å². The van der Waals surface area contributed by atoms with Crippen molar-refractivity contribution in [1.29, 1.82) is 0 Å². The zero-order valence-corrected chi connectivity index (χ0v) is 25.0. The van der Waals surface area contributed by atoms with Crippen LogP contribution >= 0.6 is 11.3 Å². The number of carbonyl (C=O) groups is 2. The molecule has 0 aliphatic rings. The maximum Gasteiger partial charge on any atom is 0.270 e. The van der Waals surface area contributed by atoms with E-state index in [0.717, 1.165) is 23.5 Å². The predicted octanol–water partition coefficient (Wildman–Crippen LogP) is 7.14. The number of aromatic nitrogens is 2. The Hall–Kier alpha value is -4.56. The SMILES string of the molecule is CCCN(Cc1cccn1Cc1nc(C(=O)NCCC(c2ccccc2)c2ccccc2)cs1)C(=O)c1ccc(F)cc1. The Morgan fingerprint density at radius 3 is 2.26 bits per heavy atom. The first-order valence-corrected chi connectivity index (χ1v) is 15.4. The molecular weight excluding hydrogens is 559 g/mol. The summed E-state index contributed by atoms with van der Waals surface area (Å²) in [5, 5.41) is 5.65. The molecule has 0 spiro atoms. The lowest BCUT2D eigenvalue weighted by molar-refractivity contribution is 0.0739. The number of benzene rings is 3. The Balaban J connectivity index is 1.19. The number of halogens is 1. The molecule has 0 saturated carbocycles. The highest BCUT2D eigenvalue weighted by Gasteiger charge is 2.19. The second kappa shape index (κ2) is 14.6. The van der Waals surface area contributed by atoms with Gasteiger partial charge in [0, 0.05) is 41.8 Å². The molecule has 0 unspecified atom stereocenters. The molecular formula is C35H35FN4O2S. The Labute approximate surface area is 255 Å². The van der Waals surface area contributed by atoms with E-state index in [1.165, 1.54) is 46.7 Å². The smallest absolute Gasteiger partial charge is 0.270 e. The normalized spacial score (nSPS) is 11.0. The number of hydrogen-bond donors (Lipinski definition) is 1. The molecule has 0 aliphatic heterocycles. The van der Waals surface area contributed by atoms with E-state index in [0.29, 0.717) is 37.4 Å². The minimum absolute atomic E-state index is 0.135. The Morgan fingerprint density at radius 1 is 0.930 bits per heavy atom. The van der Waals surface area contributed by atoms with E-state index in [-0.39, 0.29) is 23.5 Å². The van der Waals surface area contributed by atoms with Gasteiger partial charge in [0.05, 0.1) is 13.1 Å². The van der Waals surface area contributed by atoms with Crippen molar-refractivity contribution < 1.29 is 14.0 Å². The van der Waals surface area contributed by atoms with E-state index in [2.05, 4.69) is 34.6 Å². The summed E-state index contributed by atoms with van der Waals surface area (Å²) in [6.07, 6.45) is 3.53. The van der Waals surface area contributed by atoms with Gasteiger partial charge in [-0.1, -0.05) is 67.6 Å². The molecule has 0 radical (unpaired) electrons. The highest BCUT2D eigenvalue weighted by atomic mass is 32.1. The van der Waals surface area contributed by atoms with Gasteiger partial charge in [-0.2, -0.15) is 0 Å². The minimum atomic E-state index is -0.368. The van der Waals surface area contributed by atoms with Crippen molar-refractivity contribution in [3.63, 3.8) is 0 Å². The number of nitrogens with one attached hydrogen (secondary N) is 1. The number of hydrogen-bond acceptors (Lipinski definition) is 4. The molecule has 43 heavy (non-hydrogen) atoms. The van der Waals surface area contributed by atoms with Crippen LogP contribution in [0.25, 0.3) is 0 Å². The summed E-state index contributed by atoms with van der Waals surface area (Å²) in [5.74, 6) is -0.505. The molecule has 8 heteroatoms. The fourth-order valence-electron chi connectivity index (χ4n) is 5.19. The van der Waals surface area contributed by atoms with Crippen LogP contribution in [0.4, 0.5) is 4.39 Å². The molecule has 3 aromatic carbocycles. The lowest BCUT2D eigenvalue weighted by atomic mass is 9.88. The second-order valence-electron chi connectivity index (χ2n) is 10.4. The molecule has 0 bridgehead atoms. The van der Waals surface area contributed by atoms with Gasteiger partial charge in [-0.15, -0.1) is 11.3 Å². The summed E-state index contributed by atoms with van der Waals surface area (Å²) in [5.41, 5.74) is 4.26. The van der Waals surface area contributed by atoms with Crippen molar-refractivity contribution in [3.8, 4) is 0 Å². The van der Waals surface area contributed by atoms with Gasteiger partial charge in [-0.05, 0) is 60.4 Å². The summed E-state index contributed by atoms with van der Waals surface area (Å²) in [4.78, 5) is 32.5. The summed E-state index contributed by atoms with van der Waals surface area (Å²) in [6, 6.07) is 30.3. The van der Waals surface area contributed by atoms with Crippen LogP contribution in [0, 0.1) is 5.82 Å². The van der Waals surface area contributed by atoms with Crippen molar-refractivity contribution in [1.82, 2.24) is 19.8 Å². The maximum atomic E-state index is 13.4. The van der Waals surface area contributed by atoms with E-state index in [9.17, 15) is 14.0 Å². The fraction of sp³-hybridized carbons (Fsp3) is 0.229. The van der Waals surface area contributed by atoms with Gasteiger partial charge in [0.2, 0.25) is 0 Å². The zero-order chi connectivity index (χ0) is 30.0. The van der Waals surface area contributed by atoms with Crippen molar-refractivity contribution in [3.05, 3.63) is 148 Å². The van der Waals surface area contributed by atoms with Crippen LogP contribution in [-0.2, 0) is 13.1 Å². The Morgan fingerprint density at radius 2 is 1.60 bits per heavy atom. The van der Waals surface area contributed by atoms with Gasteiger partial charge >= 0.3 is 0 Å². The molecule has 5 rings (SSSR count). The molecule has 2 amide bonds. The van der Waals surface area contributed by atoms with E-state index in [1.54, 1.807) is 10.3 Å². The first kappa shape index (κ1) is 29.9. The van der Waals surface area contributed by atoms with Crippen LogP contribution in [0.2, 0.25) is 0 Å². The molecule has 5 aromatic rings. The van der Waals surface area contributed by atoms with Crippen molar-refractivity contribution in [2.24, 2.45) is 0 Å². The van der Waals surface area contributed by atoms with Crippen LogP contribution in [0.1, 0.15) is 68.4 Å². The van der Waals surface area contributed by atoms with Crippen LogP contribution in [-0.4, -0.2) is 39.4 Å². The van der Waals surface area contributed by atoms with E-state index >= 15 is 0 Å². The number of rotatable bonds is 13. The third kappa shape index (κ3) is 7.84. The fourth-order valence-corrected chi connectivity index (χ4v) is 5.96. The summed E-state index contributed by atoms with van der Waals surface area (Å²) in [7, 11) is 0. The quantitative estimate of drug-likeness (QED) is 0.158. The van der Waals surface area contributed by atoms with Gasteiger partial charge in [-0.25, -0.2) is 9.37 Å². The van der Waals surface area contributed by atoms with E-state index in [4.69, 9.17) is 0 Å².